The molecule has 0 radical (unpaired) electrons. The van der Waals surface area contributed by atoms with Crippen molar-refractivity contribution in [1.29, 1.82) is 0 Å². The third kappa shape index (κ3) is 3.28. The highest BCUT2D eigenvalue weighted by Gasteiger charge is 2.11. The third-order valence-corrected chi connectivity index (χ3v) is 3.32. The average molecular weight is 373 g/mol. The minimum Gasteiger partial charge on any atom is -0.319 e. The van der Waals surface area contributed by atoms with Gasteiger partial charge in [-0.1, -0.05) is 0 Å². The van der Waals surface area contributed by atoms with Gasteiger partial charge in [0.05, 0.1) is 5.69 Å². The molecule has 0 aliphatic rings. The van der Waals surface area contributed by atoms with E-state index in [0.29, 0.717) is 5.56 Å². The van der Waals surface area contributed by atoms with Gasteiger partial charge in [-0.3, -0.25) is 4.79 Å². The van der Waals surface area contributed by atoms with Crippen molar-refractivity contribution < 1.29 is 13.6 Å². The molecule has 2 nitrogen and oxygen atoms in total. The van der Waals surface area contributed by atoms with Crippen LogP contribution in [0.4, 0.5) is 14.5 Å². The lowest BCUT2D eigenvalue weighted by atomic mass is 10.2. The van der Waals surface area contributed by atoms with E-state index in [2.05, 4.69) is 27.9 Å². The summed E-state index contributed by atoms with van der Waals surface area (Å²) in [6.45, 7) is 1.46. The molecule has 1 N–H and O–H groups in total. The second-order valence-corrected chi connectivity index (χ2v) is 5.29. The number of halogens is 3. The van der Waals surface area contributed by atoms with Crippen molar-refractivity contribution in [1.82, 2.24) is 0 Å². The molecule has 0 atom stereocenters. The monoisotopic (exact) mass is 373 g/mol. The molecular formula is C14H10F2INO. The Hall–Kier alpha value is -1.50. The largest absolute Gasteiger partial charge is 0.319 e. The highest BCUT2D eigenvalue weighted by atomic mass is 127. The first kappa shape index (κ1) is 13.9. The number of hydrogen-bond donors (Lipinski definition) is 1. The van der Waals surface area contributed by atoms with Crippen molar-refractivity contribution in [2.45, 2.75) is 6.92 Å². The summed E-state index contributed by atoms with van der Waals surface area (Å²) in [6, 6.07) is 8.82. The number of carbonyl (C=O) groups excluding carboxylic acids is 1. The zero-order valence-corrected chi connectivity index (χ0v) is 12.2. The molecule has 2 aromatic rings. The first-order valence-corrected chi connectivity index (χ1v) is 6.58. The van der Waals surface area contributed by atoms with E-state index < -0.39 is 17.5 Å². The van der Waals surface area contributed by atoms with Crippen LogP contribution >= 0.6 is 22.6 Å². The summed E-state index contributed by atoms with van der Waals surface area (Å²) in [7, 11) is 0. The number of benzene rings is 2. The van der Waals surface area contributed by atoms with Gasteiger partial charge in [0.15, 0.2) is 0 Å². The number of hydrogen-bond acceptors (Lipinski definition) is 1. The van der Waals surface area contributed by atoms with E-state index in [-0.39, 0.29) is 11.3 Å². The van der Waals surface area contributed by atoms with Gasteiger partial charge >= 0.3 is 0 Å². The number of anilines is 1. The fourth-order valence-corrected chi connectivity index (χ4v) is 1.90. The molecule has 0 saturated carbocycles. The standard InChI is InChI=1S/C14H10F2INO/c1-8-6-12(16)13(7-11(8)15)18-14(19)9-2-4-10(17)5-3-9/h2-7H,1H3,(H,18,19). The predicted octanol–water partition coefficient (Wildman–Crippen LogP) is 4.13. The molecule has 2 rings (SSSR count). The molecule has 98 valence electrons. The molecule has 0 spiro atoms. The molecule has 0 heterocycles. The van der Waals surface area contributed by atoms with E-state index in [0.717, 1.165) is 15.7 Å². The molecule has 0 aliphatic carbocycles. The zero-order chi connectivity index (χ0) is 14.0. The lowest BCUT2D eigenvalue weighted by Crippen LogP contribution is -2.13. The Morgan fingerprint density at radius 3 is 2.37 bits per heavy atom. The van der Waals surface area contributed by atoms with Gasteiger partial charge in [0.25, 0.3) is 5.91 Å². The maximum absolute atomic E-state index is 13.6. The lowest BCUT2D eigenvalue weighted by Gasteiger charge is -2.08. The second kappa shape index (κ2) is 5.64. The molecule has 1 amide bonds. The Labute approximate surface area is 123 Å². The number of aryl methyl sites for hydroxylation is 1. The SMILES string of the molecule is Cc1cc(F)c(NC(=O)c2ccc(I)cc2)cc1F. The van der Waals surface area contributed by atoms with Gasteiger partial charge in [-0.15, -0.1) is 0 Å². The van der Waals surface area contributed by atoms with E-state index in [1.807, 2.05) is 0 Å². The van der Waals surface area contributed by atoms with Crippen LogP contribution in [-0.2, 0) is 0 Å². The van der Waals surface area contributed by atoms with Crippen molar-refractivity contribution in [3.8, 4) is 0 Å². The van der Waals surface area contributed by atoms with Gasteiger partial charge in [0.2, 0.25) is 0 Å². The summed E-state index contributed by atoms with van der Waals surface area (Å²) < 4.78 is 27.9. The second-order valence-electron chi connectivity index (χ2n) is 4.04. The van der Waals surface area contributed by atoms with E-state index in [1.54, 1.807) is 24.3 Å². The summed E-state index contributed by atoms with van der Waals surface area (Å²) in [5, 5.41) is 2.36. The normalized spacial score (nSPS) is 10.3. The molecule has 0 bridgehead atoms. The third-order valence-electron chi connectivity index (χ3n) is 2.60. The summed E-state index contributed by atoms with van der Waals surface area (Å²) in [4.78, 5) is 11.9. The number of amides is 1. The zero-order valence-electron chi connectivity index (χ0n) is 10.0. The van der Waals surface area contributed by atoms with Crippen LogP contribution in [0.25, 0.3) is 0 Å². The number of nitrogens with one attached hydrogen (secondary N) is 1. The lowest BCUT2D eigenvalue weighted by molar-refractivity contribution is 0.102. The maximum atomic E-state index is 13.6. The van der Waals surface area contributed by atoms with Crippen LogP contribution in [-0.4, -0.2) is 5.91 Å². The van der Waals surface area contributed by atoms with E-state index in [1.165, 1.54) is 6.92 Å². The molecule has 5 heteroatoms. The van der Waals surface area contributed by atoms with Crippen molar-refractivity contribution in [2.24, 2.45) is 0 Å². The quantitative estimate of drug-likeness (QED) is 0.789. The van der Waals surface area contributed by atoms with Gasteiger partial charge in [-0.25, -0.2) is 8.78 Å². The van der Waals surface area contributed by atoms with Crippen molar-refractivity contribution in [2.75, 3.05) is 5.32 Å². The Morgan fingerprint density at radius 1 is 1.11 bits per heavy atom. The predicted molar refractivity (Wildman–Crippen MR) is 78.2 cm³/mol. The fourth-order valence-electron chi connectivity index (χ4n) is 1.54. The Balaban J connectivity index is 2.24. The van der Waals surface area contributed by atoms with Crippen LogP contribution in [0.15, 0.2) is 36.4 Å². The summed E-state index contributed by atoms with van der Waals surface area (Å²) in [5.41, 5.74) is 0.428. The minimum absolute atomic E-state index is 0.161. The summed E-state index contributed by atoms with van der Waals surface area (Å²) in [5.74, 6) is -1.68. The average Bonchev–Trinajstić information content (AvgIpc) is 2.36. The van der Waals surface area contributed by atoms with E-state index >= 15 is 0 Å². The summed E-state index contributed by atoms with van der Waals surface area (Å²) in [6.07, 6.45) is 0. The molecule has 0 fully saturated rings. The van der Waals surface area contributed by atoms with Gasteiger partial charge in [-0.2, -0.15) is 0 Å². The Bertz CT molecular complexity index is 626. The molecule has 0 saturated heterocycles. The highest BCUT2D eigenvalue weighted by Crippen LogP contribution is 2.19. The topological polar surface area (TPSA) is 29.1 Å². The van der Waals surface area contributed by atoms with Gasteiger partial charge < -0.3 is 5.32 Å². The number of rotatable bonds is 2. The molecule has 0 aromatic heterocycles. The van der Waals surface area contributed by atoms with Crippen LogP contribution in [0.5, 0.6) is 0 Å². The van der Waals surface area contributed by atoms with Crippen molar-refractivity contribution in [3.63, 3.8) is 0 Å². The first-order chi connectivity index (χ1) is 8.97. The van der Waals surface area contributed by atoms with Gasteiger partial charge in [-0.05, 0) is 65.4 Å². The summed E-state index contributed by atoms with van der Waals surface area (Å²) >= 11 is 2.12. The Morgan fingerprint density at radius 2 is 1.74 bits per heavy atom. The molecular weight excluding hydrogens is 363 g/mol. The van der Waals surface area contributed by atoms with Crippen molar-refractivity contribution in [3.05, 3.63) is 62.7 Å². The highest BCUT2D eigenvalue weighted by molar-refractivity contribution is 14.1. The fraction of sp³-hybridized carbons (Fsp3) is 0.0714. The van der Waals surface area contributed by atoms with Crippen molar-refractivity contribution >= 4 is 34.2 Å². The number of carbonyl (C=O) groups is 1. The first-order valence-electron chi connectivity index (χ1n) is 5.50. The van der Waals surface area contributed by atoms with E-state index in [9.17, 15) is 13.6 Å². The smallest absolute Gasteiger partial charge is 0.255 e. The Kier molecular flexibility index (Phi) is 4.14. The van der Waals surface area contributed by atoms with E-state index in [4.69, 9.17) is 0 Å². The minimum atomic E-state index is -0.655. The molecule has 2 aromatic carbocycles. The van der Waals surface area contributed by atoms with Crippen LogP contribution in [0.2, 0.25) is 0 Å². The van der Waals surface area contributed by atoms with Crippen LogP contribution in [0, 0.1) is 22.1 Å². The molecule has 19 heavy (non-hydrogen) atoms. The molecule has 0 unspecified atom stereocenters. The van der Waals surface area contributed by atoms with Crippen LogP contribution < -0.4 is 5.32 Å². The van der Waals surface area contributed by atoms with Gasteiger partial charge in [0, 0.05) is 15.2 Å². The van der Waals surface area contributed by atoms with Crippen LogP contribution in [0.3, 0.4) is 0 Å². The molecule has 0 aliphatic heterocycles. The van der Waals surface area contributed by atoms with Gasteiger partial charge in [0.1, 0.15) is 11.6 Å². The van der Waals surface area contributed by atoms with Crippen LogP contribution in [0.1, 0.15) is 15.9 Å². The maximum Gasteiger partial charge on any atom is 0.255 e.